The molecule has 0 aromatic carbocycles. The first-order valence-corrected chi connectivity index (χ1v) is 30.5. The lowest BCUT2D eigenvalue weighted by atomic mass is 10.0. The third-order valence-electron chi connectivity index (χ3n) is 14.1. The molecule has 0 bridgehead atoms. The molecule has 0 aliphatic heterocycles. The van der Waals surface area contributed by atoms with Crippen molar-refractivity contribution in [3.05, 3.63) is 0 Å². The van der Waals surface area contributed by atoms with Crippen LogP contribution in [0.25, 0.3) is 0 Å². The van der Waals surface area contributed by atoms with E-state index in [0.717, 1.165) is 57.8 Å². The number of hydrogen-bond donors (Lipinski definition) is 0. The van der Waals surface area contributed by atoms with E-state index in [9.17, 15) is 14.4 Å². The van der Waals surface area contributed by atoms with Gasteiger partial charge in [-0.3, -0.25) is 14.4 Å². The van der Waals surface area contributed by atoms with Crippen LogP contribution in [0.1, 0.15) is 355 Å². The minimum absolute atomic E-state index is 0.0613. The molecule has 0 spiro atoms. The highest BCUT2D eigenvalue weighted by Gasteiger charge is 2.19. The van der Waals surface area contributed by atoms with Crippen LogP contribution >= 0.6 is 0 Å². The monoisotopic (exact) mass is 947 g/mol. The fourth-order valence-electron chi connectivity index (χ4n) is 9.51. The first-order chi connectivity index (χ1) is 33.0. The summed E-state index contributed by atoms with van der Waals surface area (Å²) in [5, 5.41) is 0. The molecule has 1 unspecified atom stereocenters. The summed E-state index contributed by atoms with van der Waals surface area (Å²) in [6.07, 6.45) is 64.0. The molecule has 0 aromatic heterocycles. The van der Waals surface area contributed by atoms with E-state index < -0.39 is 6.10 Å². The van der Waals surface area contributed by atoms with E-state index in [1.54, 1.807) is 0 Å². The Morgan fingerprint density at radius 1 is 0.239 bits per heavy atom. The summed E-state index contributed by atoms with van der Waals surface area (Å²) in [4.78, 5) is 38.1. The molecule has 0 rings (SSSR count). The molecule has 6 nitrogen and oxygen atoms in total. The van der Waals surface area contributed by atoms with Gasteiger partial charge in [-0.05, 0) is 19.3 Å². The van der Waals surface area contributed by atoms with Crippen molar-refractivity contribution in [1.29, 1.82) is 0 Å². The van der Waals surface area contributed by atoms with Crippen LogP contribution in [-0.2, 0) is 28.6 Å². The van der Waals surface area contributed by atoms with Crippen LogP contribution in [0.3, 0.4) is 0 Å². The van der Waals surface area contributed by atoms with Gasteiger partial charge in [0.15, 0.2) is 6.10 Å². The van der Waals surface area contributed by atoms with Crippen LogP contribution in [-0.4, -0.2) is 37.2 Å². The second kappa shape index (κ2) is 57.0. The molecule has 398 valence electrons. The van der Waals surface area contributed by atoms with Crippen LogP contribution < -0.4 is 0 Å². The second-order valence-corrected chi connectivity index (χ2v) is 21.0. The molecule has 0 radical (unpaired) electrons. The van der Waals surface area contributed by atoms with E-state index in [-0.39, 0.29) is 31.1 Å². The minimum Gasteiger partial charge on any atom is -0.462 e. The summed E-state index contributed by atoms with van der Waals surface area (Å²) in [5.74, 6) is -0.835. The number of unbranched alkanes of at least 4 members (excludes halogenated alkanes) is 46. The van der Waals surface area contributed by atoms with Gasteiger partial charge in [0.1, 0.15) is 13.2 Å². The Morgan fingerprint density at radius 2 is 0.403 bits per heavy atom. The van der Waals surface area contributed by atoms with E-state index in [0.29, 0.717) is 19.3 Å². The van der Waals surface area contributed by atoms with Crippen molar-refractivity contribution < 1.29 is 28.6 Å². The van der Waals surface area contributed by atoms with Crippen LogP contribution in [0.4, 0.5) is 0 Å². The van der Waals surface area contributed by atoms with Crippen molar-refractivity contribution in [2.75, 3.05) is 13.2 Å². The fraction of sp³-hybridized carbons (Fsp3) is 0.951. The zero-order valence-corrected chi connectivity index (χ0v) is 45.7. The fourth-order valence-corrected chi connectivity index (χ4v) is 9.51. The molecule has 1 atom stereocenters. The number of carbonyl (C=O) groups excluding carboxylic acids is 3. The summed E-state index contributed by atoms with van der Waals surface area (Å²) in [6, 6.07) is 0. The van der Waals surface area contributed by atoms with Gasteiger partial charge < -0.3 is 14.2 Å². The average molecular weight is 948 g/mol. The lowest BCUT2D eigenvalue weighted by Crippen LogP contribution is -2.30. The highest BCUT2D eigenvalue weighted by molar-refractivity contribution is 5.71. The first-order valence-electron chi connectivity index (χ1n) is 30.5. The number of rotatable bonds is 57. The molecule has 0 amide bonds. The van der Waals surface area contributed by atoms with Crippen LogP contribution in [0.2, 0.25) is 0 Å². The molecule has 0 N–H and O–H groups in total. The molecule has 67 heavy (non-hydrogen) atoms. The summed E-state index contributed by atoms with van der Waals surface area (Å²) in [7, 11) is 0. The quantitative estimate of drug-likeness (QED) is 0.0343. The maximum Gasteiger partial charge on any atom is 0.306 e. The van der Waals surface area contributed by atoms with E-state index in [1.165, 1.54) is 257 Å². The Hall–Kier alpha value is -1.59. The Morgan fingerprint density at radius 3 is 0.597 bits per heavy atom. The second-order valence-electron chi connectivity index (χ2n) is 21.0. The molecular formula is C61H118O6. The topological polar surface area (TPSA) is 78.9 Å². The molecule has 0 fully saturated rings. The first kappa shape index (κ1) is 65.4. The molecule has 0 saturated carbocycles. The molecule has 0 aliphatic rings. The lowest BCUT2D eigenvalue weighted by molar-refractivity contribution is -0.167. The predicted molar refractivity (Wildman–Crippen MR) is 289 cm³/mol. The molecule has 6 heteroatoms. The molecular weight excluding hydrogens is 829 g/mol. The number of hydrogen-bond acceptors (Lipinski definition) is 6. The Balaban J connectivity index is 4.12. The van der Waals surface area contributed by atoms with Crippen molar-refractivity contribution in [2.45, 2.75) is 361 Å². The molecule has 0 aromatic rings. The van der Waals surface area contributed by atoms with Gasteiger partial charge >= 0.3 is 17.9 Å². The normalized spacial score (nSPS) is 11.9. The molecule has 0 aliphatic carbocycles. The SMILES string of the molecule is CCCCCCCCCCCCCCCCCCCCCCCCCCC(=O)OCC(COC(=O)CCCCCCCCCCC)OC(=O)CCCCCCCCCCCCCCCCCC. The summed E-state index contributed by atoms with van der Waals surface area (Å²) >= 11 is 0. The maximum absolute atomic E-state index is 12.8. The predicted octanol–water partition coefficient (Wildman–Crippen LogP) is 20.3. The summed E-state index contributed by atoms with van der Waals surface area (Å²) in [6.45, 7) is 6.69. The maximum atomic E-state index is 12.8. The van der Waals surface area contributed by atoms with E-state index in [2.05, 4.69) is 20.8 Å². The molecule has 0 heterocycles. The minimum atomic E-state index is -0.760. The van der Waals surface area contributed by atoms with E-state index in [4.69, 9.17) is 14.2 Å². The third-order valence-corrected chi connectivity index (χ3v) is 14.1. The lowest BCUT2D eigenvalue weighted by Gasteiger charge is -2.18. The number of ether oxygens (including phenoxy) is 3. The summed E-state index contributed by atoms with van der Waals surface area (Å²) in [5.41, 5.74) is 0. The van der Waals surface area contributed by atoms with Crippen molar-refractivity contribution in [3.8, 4) is 0 Å². The van der Waals surface area contributed by atoms with Gasteiger partial charge in [-0.25, -0.2) is 0 Å². The van der Waals surface area contributed by atoms with Crippen LogP contribution in [0.15, 0.2) is 0 Å². The van der Waals surface area contributed by atoms with Gasteiger partial charge in [0, 0.05) is 19.3 Å². The van der Waals surface area contributed by atoms with Crippen LogP contribution in [0, 0.1) is 0 Å². The number of carbonyl (C=O) groups is 3. The Labute approximate surface area is 418 Å². The van der Waals surface area contributed by atoms with E-state index in [1.807, 2.05) is 0 Å². The average Bonchev–Trinajstić information content (AvgIpc) is 3.33. The van der Waals surface area contributed by atoms with Gasteiger partial charge in [0.05, 0.1) is 0 Å². The van der Waals surface area contributed by atoms with Crippen molar-refractivity contribution in [1.82, 2.24) is 0 Å². The summed E-state index contributed by atoms with van der Waals surface area (Å²) < 4.78 is 16.9. The van der Waals surface area contributed by atoms with Gasteiger partial charge in [-0.15, -0.1) is 0 Å². The van der Waals surface area contributed by atoms with Crippen molar-refractivity contribution >= 4 is 17.9 Å². The highest BCUT2D eigenvalue weighted by Crippen LogP contribution is 2.18. The van der Waals surface area contributed by atoms with Crippen molar-refractivity contribution in [2.24, 2.45) is 0 Å². The van der Waals surface area contributed by atoms with Crippen LogP contribution in [0.5, 0.6) is 0 Å². The molecule has 0 saturated heterocycles. The van der Waals surface area contributed by atoms with Gasteiger partial charge in [0.2, 0.25) is 0 Å². The van der Waals surface area contributed by atoms with Gasteiger partial charge in [-0.2, -0.15) is 0 Å². The zero-order valence-electron chi connectivity index (χ0n) is 45.7. The smallest absolute Gasteiger partial charge is 0.306 e. The Kier molecular flexibility index (Phi) is 55.6. The zero-order chi connectivity index (χ0) is 48.6. The van der Waals surface area contributed by atoms with Crippen molar-refractivity contribution in [3.63, 3.8) is 0 Å². The van der Waals surface area contributed by atoms with Gasteiger partial charge in [0.25, 0.3) is 0 Å². The third kappa shape index (κ3) is 55.2. The van der Waals surface area contributed by atoms with E-state index >= 15 is 0 Å². The number of esters is 3. The highest BCUT2D eigenvalue weighted by atomic mass is 16.6. The Bertz CT molecular complexity index is 998. The standard InChI is InChI=1S/C61H118O6/c1-4-7-10-13-16-19-21-23-25-27-28-29-30-31-32-33-34-36-37-39-42-45-48-51-54-60(63)66-57-58(56-65-59(62)53-50-47-44-41-18-15-12-9-6-3)67-61(64)55-52-49-46-43-40-38-35-26-24-22-20-17-14-11-8-5-2/h58H,4-57H2,1-3H3. The largest absolute Gasteiger partial charge is 0.462 e. The van der Waals surface area contributed by atoms with Gasteiger partial charge in [-0.1, -0.05) is 316 Å².